The molecule has 1 aliphatic rings. The molecule has 0 unspecified atom stereocenters. The van der Waals surface area contributed by atoms with Crippen LogP contribution in [-0.2, 0) is 0 Å². The van der Waals surface area contributed by atoms with Crippen LogP contribution in [0.15, 0.2) is 36.4 Å². The van der Waals surface area contributed by atoms with Gasteiger partial charge in [-0.25, -0.2) is 0 Å². The summed E-state index contributed by atoms with van der Waals surface area (Å²) < 4.78 is 0. The number of carbonyl (C=O) groups is 2. The van der Waals surface area contributed by atoms with Gasteiger partial charge in [0.05, 0.1) is 0 Å². The molecule has 2 aromatic rings. The lowest BCUT2D eigenvalue weighted by molar-refractivity contribution is 0.0979. The zero-order valence-electron chi connectivity index (χ0n) is 10.3. The Bertz CT molecular complexity index is 645. The normalized spacial score (nSPS) is 13.1. The largest absolute Gasteiger partial charge is 0.289 e. The second-order valence-electron chi connectivity index (χ2n) is 4.69. The van der Waals surface area contributed by atoms with Crippen LogP contribution in [0, 0.1) is 0 Å². The van der Waals surface area contributed by atoms with E-state index in [4.69, 9.17) is 0 Å². The molecular formula is C14H10B2O2. The first-order valence-electron chi connectivity index (χ1n) is 5.89. The van der Waals surface area contributed by atoms with E-state index in [2.05, 4.69) is 0 Å². The van der Waals surface area contributed by atoms with E-state index in [1.165, 1.54) is 0 Å². The summed E-state index contributed by atoms with van der Waals surface area (Å²) in [5.41, 5.74) is 4.16. The van der Waals surface area contributed by atoms with Crippen LogP contribution in [0.2, 0.25) is 0 Å². The molecule has 0 aliphatic heterocycles. The zero-order valence-corrected chi connectivity index (χ0v) is 10.3. The third kappa shape index (κ3) is 1.39. The smallest absolute Gasteiger partial charge is 0.194 e. The topological polar surface area (TPSA) is 34.1 Å². The third-order valence-corrected chi connectivity index (χ3v) is 3.54. The summed E-state index contributed by atoms with van der Waals surface area (Å²) in [6.07, 6.45) is 0. The summed E-state index contributed by atoms with van der Waals surface area (Å²) in [6.45, 7) is 0. The quantitative estimate of drug-likeness (QED) is 0.465. The molecule has 0 saturated heterocycles. The molecule has 2 nitrogen and oxygen atoms in total. The van der Waals surface area contributed by atoms with Gasteiger partial charge in [-0.15, -0.1) is 0 Å². The van der Waals surface area contributed by atoms with E-state index in [-0.39, 0.29) is 11.6 Å². The van der Waals surface area contributed by atoms with Crippen molar-refractivity contribution in [2.75, 3.05) is 0 Å². The molecule has 0 aromatic heterocycles. The first-order valence-corrected chi connectivity index (χ1v) is 5.89. The molecule has 0 bridgehead atoms. The van der Waals surface area contributed by atoms with Crippen LogP contribution in [0.4, 0.5) is 0 Å². The lowest BCUT2D eigenvalue weighted by Gasteiger charge is -2.18. The average Bonchev–Trinajstić information content (AvgIpc) is 2.38. The fourth-order valence-corrected chi connectivity index (χ4v) is 2.36. The molecule has 2 aromatic carbocycles. The van der Waals surface area contributed by atoms with E-state index in [1.54, 1.807) is 24.3 Å². The first kappa shape index (κ1) is 11.0. The monoisotopic (exact) mass is 232 g/mol. The summed E-state index contributed by atoms with van der Waals surface area (Å²) in [6, 6.07) is 10.6. The van der Waals surface area contributed by atoms with Crippen molar-refractivity contribution in [1.82, 2.24) is 0 Å². The van der Waals surface area contributed by atoms with Gasteiger partial charge < -0.3 is 0 Å². The Kier molecular flexibility index (Phi) is 2.27. The molecule has 0 fully saturated rings. The van der Waals surface area contributed by atoms with E-state index in [1.807, 2.05) is 27.8 Å². The van der Waals surface area contributed by atoms with Gasteiger partial charge in [-0.1, -0.05) is 47.3 Å². The highest BCUT2D eigenvalue weighted by molar-refractivity contribution is 6.49. The molecule has 0 spiro atoms. The standard InChI is InChI=1S/C14H10B2O2/c15-11-5-9-10(6-12(11)16)14(18)8-4-2-1-3-7(8)13(9)17/h1-6H,15-16H2. The van der Waals surface area contributed by atoms with Crippen molar-refractivity contribution in [3.63, 3.8) is 0 Å². The van der Waals surface area contributed by atoms with Crippen molar-refractivity contribution in [2.24, 2.45) is 0 Å². The van der Waals surface area contributed by atoms with Crippen molar-refractivity contribution >= 4 is 38.2 Å². The average molecular weight is 232 g/mol. The highest BCUT2D eigenvalue weighted by atomic mass is 16.1. The lowest BCUT2D eigenvalue weighted by Crippen LogP contribution is -2.31. The fourth-order valence-electron chi connectivity index (χ4n) is 2.36. The van der Waals surface area contributed by atoms with Gasteiger partial charge in [-0.05, 0) is 0 Å². The predicted octanol–water partition coefficient (Wildman–Crippen LogP) is -1.02. The maximum atomic E-state index is 12.4. The molecule has 4 heteroatoms. The van der Waals surface area contributed by atoms with Gasteiger partial charge in [0.25, 0.3) is 0 Å². The van der Waals surface area contributed by atoms with Crippen LogP contribution in [0.5, 0.6) is 0 Å². The van der Waals surface area contributed by atoms with Crippen LogP contribution in [0.25, 0.3) is 0 Å². The number of ketones is 2. The van der Waals surface area contributed by atoms with Gasteiger partial charge >= 0.3 is 0 Å². The van der Waals surface area contributed by atoms with E-state index in [0.29, 0.717) is 22.3 Å². The van der Waals surface area contributed by atoms with Crippen LogP contribution in [-0.4, -0.2) is 27.3 Å². The maximum Gasteiger partial charge on any atom is 0.194 e. The summed E-state index contributed by atoms with van der Waals surface area (Å²) in [5.74, 6) is -0.105. The summed E-state index contributed by atoms with van der Waals surface area (Å²) in [5, 5.41) is 0. The summed E-state index contributed by atoms with van der Waals surface area (Å²) in [7, 11) is 3.90. The van der Waals surface area contributed by atoms with Crippen molar-refractivity contribution < 1.29 is 9.59 Å². The van der Waals surface area contributed by atoms with Gasteiger partial charge in [-0.2, -0.15) is 0 Å². The summed E-state index contributed by atoms with van der Waals surface area (Å²) >= 11 is 0. The molecule has 0 amide bonds. The van der Waals surface area contributed by atoms with E-state index in [9.17, 15) is 9.59 Å². The number of hydrogen-bond acceptors (Lipinski definition) is 2. The van der Waals surface area contributed by atoms with Gasteiger partial charge in [0, 0.05) is 22.3 Å². The van der Waals surface area contributed by atoms with Crippen molar-refractivity contribution in [2.45, 2.75) is 0 Å². The Balaban J connectivity index is 2.34. The molecule has 1 aliphatic carbocycles. The number of fused-ring (bicyclic) bond motifs is 2. The van der Waals surface area contributed by atoms with Crippen molar-refractivity contribution in [3.05, 3.63) is 58.7 Å². The molecule has 84 valence electrons. The Morgan fingerprint density at radius 1 is 0.667 bits per heavy atom. The Morgan fingerprint density at radius 2 is 1.06 bits per heavy atom. The van der Waals surface area contributed by atoms with Crippen molar-refractivity contribution in [3.8, 4) is 0 Å². The first-order chi connectivity index (χ1) is 8.59. The molecule has 0 heterocycles. The van der Waals surface area contributed by atoms with Gasteiger partial charge in [0.1, 0.15) is 15.7 Å². The van der Waals surface area contributed by atoms with E-state index < -0.39 is 0 Å². The lowest BCUT2D eigenvalue weighted by atomic mass is 9.74. The Morgan fingerprint density at radius 3 is 1.44 bits per heavy atom. The summed E-state index contributed by atoms with van der Waals surface area (Å²) in [4.78, 5) is 24.7. The highest BCUT2D eigenvalue weighted by Crippen LogP contribution is 2.25. The molecule has 0 N–H and O–H groups in total. The Labute approximate surface area is 107 Å². The second-order valence-corrected chi connectivity index (χ2v) is 4.69. The molecule has 0 saturated carbocycles. The van der Waals surface area contributed by atoms with Gasteiger partial charge in [-0.3, -0.25) is 9.59 Å². The second kappa shape index (κ2) is 3.70. The number of carbonyl (C=O) groups excluding carboxylic acids is 2. The molecule has 3 rings (SSSR count). The minimum atomic E-state index is -0.0525. The zero-order chi connectivity index (χ0) is 12.9. The Hall–Kier alpha value is -2.09. The SMILES string of the molecule is Bc1cc2c(cc1B)C(=O)c1ccccc1C2=O. The van der Waals surface area contributed by atoms with Crippen LogP contribution < -0.4 is 10.9 Å². The van der Waals surface area contributed by atoms with Crippen LogP contribution in [0.1, 0.15) is 31.8 Å². The van der Waals surface area contributed by atoms with Crippen LogP contribution in [0.3, 0.4) is 0 Å². The van der Waals surface area contributed by atoms with E-state index >= 15 is 0 Å². The van der Waals surface area contributed by atoms with Gasteiger partial charge in [0.2, 0.25) is 0 Å². The predicted molar refractivity (Wildman–Crippen MR) is 76.1 cm³/mol. The third-order valence-electron chi connectivity index (χ3n) is 3.54. The number of benzene rings is 2. The van der Waals surface area contributed by atoms with Crippen molar-refractivity contribution in [1.29, 1.82) is 0 Å². The van der Waals surface area contributed by atoms with Crippen LogP contribution >= 0.6 is 0 Å². The van der Waals surface area contributed by atoms with E-state index in [0.717, 1.165) is 10.9 Å². The number of rotatable bonds is 0. The molecule has 0 atom stereocenters. The van der Waals surface area contributed by atoms with Gasteiger partial charge in [0.15, 0.2) is 11.6 Å². The number of hydrogen-bond donors (Lipinski definition) is 0. The molecular weight excluding hydrogens is 222 g/mol. The maximum absolute atomic E-state index is 12.4. The minimum absolute atomic E-state index is 0.0525. The molecule has 18 heavy (non-hydrogen) atoms. The minimum Gasteiger partial charge on any atom is -0.289 e. The fraction of sp³-hybridized carbons (Fsp3) is 0. The molecule has 0 radical (unpaired) electrons. The highest BCUT2D eigenvalue weighted by Gasteiger charge is 2.29.